The third-order valence-electron chi connectivity index (χ3n) is 4.43. The molecule has 3 N–H and O–H groups in total. The number of thiol groups is 1. The van der Waals surface area contributed by atoms with Crippen LogP contribution in [0.4, 0.5) is 0 Å². The summed E-state index contributed by atoms with van der Waals surface area (Å²) in [7, 11) is 1.26. The van der Waals surface area contributed by atoms with Gasteiger partial charge in [-0.15, -0.1) is 0 Å². The van der Waals surface area contributed by atoms with Crippen LogP contribution >= 0.6 is 12.6 Å². The van der Waals surface area contributed by atoms with E-state index in [0.29, 0.717) is 25.0 Å². The van der Waals surface area contributed by atoms with Gasteiger partial charge >= 0.3 is 5.97 Å². The third-order valence-corrected chi connectivity index (χ3v) is 4.69. The number of ether oxygens (including phenoxy) is 1. The molecule has 0 saturated heterocycles. The Morgan fingerprint density at radius 2 is 1.63 bits per heavy atom. The molecule has 0 bridgehead atoms. The van der Waals surface area contributed by atoms with E-state index in [0.717, 1.165) is 5.56 Å². The van der Waals surface area contributed by atoms with E-state index in [1.54, 1.807) is 0 Å². The quantitative estimate of drug-likeness (QED) is 0.208. The summed E-state index contributed by atoms with van der Waals surface area (Å²) < 4.78 is 4.83. The van der Waals surface area contributed by atoms with Crippen molar-refractivity contribution in [3.05, 3.63) is 35.9 Å². The lowest BCUT2D eigenvalue weighted by Crippen LogP contribution is -2.56. The summed E-state index contributed by atoms with van der Waals surface area (Å²) in [5.74, 6) is -1.04. The van der Waals surface area contributed by atoms with Crippen molar-refractivity contribution in [1.82, 2.24) is 16.0 Å². The van der Waals surface area contributed by atoms with Crippen molar-refractivity contribution in [2.45, 2.75) is 51.2 Å². The molecule has 0 aliphatic rings. The normalized spacial score (nSPS) is 13.6. The Hall–Kier alpha value is -2.55. The van der Waals surface area contributed by atoms with E-state index < -0.39 is 35.9 Å². The summed E-state index contributed by atoms with van der Waals surface area (Å²) in [4.78, 5) is 48.5. The lowest BCUT2D eigenvalue weighted by atomic mass is 10.0. The molecule has 0 unspecified atom stereocenters. The molecule has 0 aromatic heterocycles. The molecule has 9 heteroatoms. The molecule has 3 amide bonds. The van der Waals surface area contributed by atoms with Crippen LogP contribution in [0.2, 0.25) is 0 Å². The first kappa shape index (κ1) is 25.5. The molecule has 8 nitrogen and oxygen atoms in total. The van der Waals surface area contributed by atoms with Gasteiger partial charge in [-0.1, -0.05) is 44.2 Å². The number of hydrogen-bond donors (Lipinski definition) is 4. The molecule has 0 aliphatic heterocycles. The fourth-order valence-corrected chi connectivity index (χ4v) is 3.19. The predicted octanol–water partition coefficient (Wildman–Crippen LogP) is 0.852. The Morgan fingerprint density at radius 3 is 2.17 bits per heavy atom. The van der Waals surface area contributed by atoms with Crippen LogP contribution in [0.15, 0.2) is 30.3 Å². The molecule has 0 fully saturated rings. The molecule has 1 aromatic rings. The summed E-state index contributed by atoms with van der Waals surface area (Å²) in [5.41, 5.74) is 0.863. The Morgan fingerprint density at radius 1 is 1.03 bits per heavy atom. The van der Waals surface area contributed by atoms with E-state index in [2.05, 4.69) is 28.6 Å². The van der Waals surface area contributed by atoms with Crippen molar-refractivity contribution in [1.29, 1.82) is 0 Å². The average molecular weight is 438 g/mol. The van der Waals surface area contributed by atoms with Crippen LogP contribution in [0.1, 0.15) is 32.3 Å². The zero-order valence-corrected chi connectivity index (χ0v) is 18.5. The Bertz CT molecular complexity index is 699. The minimum absolute atomic E-state index is 0.106. The molecule has 3 atom stereocenters. The molecule has 166 valence electrons. The summed E-state index contributed by atoms with van der Waals surface area (Å²) in [6.07, 6.45) is 1.39. The minimum atomic E-state index is -0.891. The van der Waals surface area contributed by atoms with Crippen LogP contribution in [0.25, 0.3) is 0 Å². The topological polar surface area (TPSA) is 114 Å². The number of carbonyl (C=O) groups excluding carboxylic acids is 4. The number of benzene rings is 1. The van der Waals surface area contributed by atoms with Crippen molar-refractivity contribution in [2.75, 3.05) is 12.9 Å². The first-order valence-corrected chi connectivity index (χ1v) is 10.5. The monoisotopic (exact) mass is 437 g/mol. The number of methoxy groups -OCH3 is 1. The van der Waals surface area contributed by atoms with Gasteiger partial charge in [0, 0.05) is 6.42 Å². The Labute approximate surface area is 182 Å². The van der Waals surface area contributed by atoms with Gasteiger partial charge in [-0.25, -0.2) is 4.79 Å². The molecule has 1 aromatic carbocycles. The Balaban J connectivity index is 2.94. The molecule has 30 heavy (non-hydrogen) atoms. The molecule has 0 heterocycles. The van der Waals surface area contributed by atoms with Gasteiger partial charge < -0.3 is 20.7 Å². The molecular formula is C21H31N3O5S. The predicted molar refractivity (Wildman–Crippen MR) is 117 cm³/mol. The number of esters is 1. The standard InChI is InChI=1S/C21H31N3O5S/c1-14(2)11-17(23-19(26)16(9-10-30)22-13-25)20(27)24-18(21(28)29-3)12-15-7-5-4-6-8-15/h4-8,13-14,16-18,30H,9-12H2,1-3H3,(H,22,25)(H,23,26)(H,24,27)/t16-,17+,18-/m0/s1. The summed E-state index contributed by atoms with van der Waals surface area (Å²) in [5, 5.41) is 7.82. The van der Waals surface area contributed by atoms with E-state index in [-0.39, 0.29) is 12.3 Å². The second-order valence-electron chi connectivity index (χ2n) is 7.31. The maximum absolute atomic E-state index is 12.9. The van der Waals surface area contributed by atoms with Crippen molar-refractivity contribution in [3.8, 4) is 0 Å². The average Bonchev–Trinajstić information content (AvgIpc) is 2.72. The SMILES string of the molecule is COC(=O)[C@H](Cc1ccccc1)NC(=O)[C@@H](CC(C)C)NC(=O)[C@H](CCS)NC=O. The van der Waals surface area contributed by atoms with Gasteiger partial charge in [0.25, 0.3) is 0 Å². The summed E-state index contributed by atoms with van der Waals surface area (Å²) in [6.45, 7) is 3.84. The molecule has 0 aliphatic carbocycles. The van der Waals surface area contributed by atoms with Crippen molar-refractivity contribution >= 4 is 36.8 Å². The summed E-state index contributed by atoms with van der Waals surface area (Å²) >= 11 is 4.09. The number of nitrogens with one attached hydrogen (secondary N) is 3. The summed E-state index contributed by atoms with van der Waals surface area (Å²) in [6, 6.07) is 6.70. The fourth-order valence-electron chi connectivity index (χ4n) is 2.93. The van der Waals surface area contributed by atoms with E-state index in [1.165, 1.54) is 7.11 Å². The minimum Gasteiger partial charge on any atom is -0.467 e. The number of amides is 3. The maximum atomic E-state index is 12.9. The third kappa shape index (κ3) is 8.86. The first-order valence-electron chi connectivity index (χ1n) is 9.85. The zero-order valence-electron chi connectivity index (χ0n) is 17.6. The van der Waals surface area contributed by atoms with Crippen molar-refractivity contribution in [2.24, 2.45) is 5.92 Å². The highest BCUT2D eigenvalue weighted by Crippen LogP contribution is 2.09. The van der Waals surface area contributed by atoms with Crippen LogP contribution in [-0.4, -0.2) is 55.2 Å². The fraction of sp³-hybridized carbons (Fsp3) is 0.524. The van der Waals surface area contributed by atoms with E-state index in [1.807, 2.05) is 44.2 Å². The largest absolute Gasteiger partial charge is 0.467 e. The number of carbonyl (C=O) groups is 4. The van der Waals surface area contributed by atoms with Crippen LogP contribution < -0.4 is 16.0 Å². The highest BCUT2D eigenvalue weighted by molar-refractivity contribution is 7.80. The second-order valence-corrected chi connectivity index (χ2v) is 7.76. The number of hydrogen-bond acceptors (Lipinski definition) is 6. The molecular weight excluding hydrogens is 406 g/mol. The maximum Gasteiger partial charge on any atom is 0.328 e. The van der Waals surface area contributed by atoms with E-state index >= 15 is 0 Å². The second kappa shape index (κ2) is 13.6. The lowest BCUT2D eigenvalue weighted by molar-refractivity contribution is -0.145. The van der Waals surface area contributed by atoms with E-state index in [9.17, 15) is 19.2 Å². The first-order chi connectivity index (χ1) is 14.3. The number of rotatable bonds is 13. The molecule has 1 rings (SSSR count). The van der Waals surface area contributed by atoms with Crippen LogP contribution in [-0.2, 0) is 30.3 Å². The van der Waals surface area contributed by atoms with E-state index in [4.69, 9.17) is 4.74 Å². The zero-order chi connectivity index (χ0) is 22.5. The lowest BCUT2D eigenvalue weighted by Gasteiger charge is -2.25. The van der Waals surface area contributed by atoms with Crippen molar-refractivity contribution < 1.29 is 23.9 Å². The van der Waals surface area contributed by atoms with Crippen LogP contribution in [0.3, 0.4) is 0 Å². The highest BCUT2D eigenvalue weighted by Gasteiger charge is 2.29. The van der Waals surface area contributed by atoms with Gasteiger partial charge in [0.15, 0.2) is 0 Å². The molecule has 0 saturated carbocycles. The van der Waals surface area contributed by atoms with Gasteiger partial charge in [-0.2, -0.15) is 12.6 Å². The van der Waals surface area contributed by atoms with Gasteiger partial charge in [-0.05, 0) is 30.1 Å². The smallest absolute Gasteiger partial charge is 0.328 e. The highest BCUT2D eigenvalue weighted by atomic mass is 32.1. The van der Waals surface area contributed by atoms with Crippen LogP contribution in [0.5, 0.6) is 0 Å². The van der Waals surface area contributed by atoms with Gasteiger partial charge in [0.2, 0.25) is 18.2 Å². The molecule has 0 spiro atoms. The van der Waals surface area contributed by atoms with Gasteiger partial charge in [0.1, 0.15) is 18.1 Å². The van der Waals surface area contributed by atoms with Gasteiger partial charge in [0.05, 0.1) is 7.11 Å². The molecule has 0 radical (unpaired) electrons. The van der Waals surface area contributed by atoms with Crippen LogP contribution in [0, 0.1) is 5.92 Å². The Kier molecular flexibility index (Phi) is 11.6. The van der Waals surface area contributed by atoms with Crippen molar-refractivity contribution in [3.63, 3.8) is 0 Å². The van der Waals surface area contributed by atoms with Gasteiger partial charge in [-0.3, -0.25) is 14.4 Å².